The van der Waals surface area contributed by atoms with E-state index in [1.807, 2.05) is 13.8 Å². The van der Waals surface area contributed by atoms with Crippen molar-refractivity contribution in [2.24, 2.45) is 0 Å². The summed E-state index contributed by atoms with van der Waals surface area (Å²) in [5.41, 5.74) is 2.14. The number of amides is 1. The van der Waals surface area contributed by atoms with Crippen LogP contribution in [-0.4, -0.2) is 27.7 Å². The van der Waals surface area contributed by atoms with Gasteiger partial charge in [-0.1, -0.05) is 35.4 Å². The van der Waals surface area contributed by atoms with Gasteiger partial charge in [-0.3, -0.25) is 19.2 Å². The summed E-state index contributed by atoms with van der Waals surface area (Å²) in [5, 5.41) is 2.67. The number of anilines is 3. The molecule has 3 N–H and O–H groups in total. The van der Waals surface area contributed by atoms with Gasteiger partial charge in [0.2, 0.25) is 0 Å². The summed E-state index contributed by atoms with van der Waals surface area (Å²) in [4.78, 5) is 16.8. The van der Waals surface area contributed by atoms with Crippen molar-refractivity contribution in [1.82, 2.24) is 4.98 Å². The molecule has 0 radical (unpaired) electrons. The molecular formula is C26H24N4O5S2. The van der Waals surface area contributed by atoms with Crippen molar-refractivity contribution in [3.63, 3.8) is 0 Å². The molecule has 3 aromatic carbocycles. The van der Waals surface area contributed by atoms with Gasteiger partial charge in [0.15, 0.2) is 0 Å². The Hall–Kier alpha value is -4.22. The number of sulfonamides is 2. The van der Waals surface area contributed by atoms with Crippen molar-refractivity contribution in [1.29, 1.82) is 0 Å². The van der Waals surface area contributed by atoms with E-state index in [4.69, 9.17) is 0 Å². The monoisotopic (exact) mass is 536 g/mol. The number of aryl methyl sites for hydroxylation is 2. The van der Waals surface area contributed by atoms with Gasteiger partial charge in [-0.2, -0.15) is 0 Å². The first-order chi connectivity index (χ1) is 17.5. The Kier molecular flexibility index (Phi) is 7.28. The average molecular weight is 537 g/mol. The number of nitrogens with zero attached hydrogens (tertiary/aromatic N) is 1. The third-order valence-corrected chi connectivity index (χ3v) is 8.12. The number of hydrogen-bond donors (Lipinski definition) is 3. The average Bonchev–Trinajstić information content (AvgIpc) is 2.86. The Morgan fingerprint density at radius 1 is 0.703 bits per heavy atom. The van der Waals surface area contributed by atoms with Gasteiger partial charge in [-0.15, -0.1) is 0 Å². The van der Waals surface area contributed by atoms with Crippen molar-refractivity contribution in [3.05, 3.63) is 108 Å². The Bertz CT molecular complexity index is 1640. The molecule has 1 aromatic heterocycles. The summed E-state index contributed by atoms with van der Waals surface area (Å²) in [6.45, 7) is 3.66. The number of aromatic nitrogens is 1. The van der Waals surface area contributed by atoms with Crippen molar-refractivity contribution < 1.29 is 21.6 Å². The molecule has 0 atom stereocenters. The first kappa shape index (κ1) is 25.9. The molecule has 0 saturated carbocycles. The first-order valence-electron chi connectivity index (χ1n) is 11.1. The van der Waals surface area contributed by atoms with Crippen LogP contribution < -0.4 is 14.8 Å². The summed E-state index contributed by atoms with van der Waals surface area (Å²) in [7, 11) is -8.16. The number of hydrogen-bond acceptors (Lipinski definition) is 6. The minimum Gasteiger partial charge on any atom is -0.321 e. The highest BCUT2D eigenvalue weighted by molar-refractivity contribution is 7.93. The number of pyridine rings is 1. The maximum atomic E-state index is 13.1. The van der Waals surface area contributed by atoms with Crippen LogP contribution in [0.15, 0.2) is 101 Å². The Morgan fingerprint density at radius 3 is 1.76 bits per heavy atom. The number of carbonyl (C=O) groups is 1. The van der Waals surface area contributed by atoms with Crippen molar-refractivity contribution in [2.75, 3.05) is 14.8 Å². The second kappa shape index (κ2) is 10.4. The lowest BCUT2D eigenvalue weighted by Crippen LogP contribution is -2.19. The first-order valence-corrected chi connectivity index (χ1v) is 14.0. The van der Waals surface area contributed by atoms with Gasteiger partial charge in [-0.05, 0) is 68.4 Å². The maximum absolute atomic E-state index is 13.1. The predicted octanol–water partition coefficient (Wildman–Crippen LogP) is 4.55. The molecule has 0 aliphatic rings. The second-order valence-electron chi connectivity index (χ2n) is 8.29. The van der Waals surface area contributed by atoms with E-state index in [1.165, 1.54) is 48.7 Å². The van der Waals surface area contributed by atoms with Crippen LogP contribution in [-0.2, 0) is 20.0 Å². The van der Waals surface area contributed by atoms with Gasteiger partial charge < -0.3 is 5.32 Å². The maximum Gasteiger partial charge on any atom is 0.261 e. The van der Waals surface area contributed by atoms with Crippen LogP contribution in [0.25, 0.3) is 0 Å². The van der Waals surface area contributed by atoms with Gasteiger partial charge in [0, 0.05) is 11.8 Å². The highest BCUT2D eigenvalue weighted by Crippen LogP contribution is 2.29. The van der Waals surface area contributed by atoms with Gasteiger partial charge in [0.25, 0.3) is 26.0 Å². The van der Waals surface area contributed by atoms with Gasteiger partial charge in [-0.25, -0.2) is 16.8 Å². The fourth-order valence-corrected chi connectivity index (χ4v) is 5.49. The second-order valence-corrected chi connectivity index (χ2v) is 11.7. The van der Waals surface area contributed by atoms with E-state index < -0.39 is 26.0 Å². The molecule has 190 valence electrons. The number of nitrogens with one attached hydrogen (secondary N) is 3. The molecule has 9 nitrogen and oxygen atoms in total. The highest BCUT2D eigenvalue weighted by Gasteiger charge is 2.21. The SMILES string of the molecule is Cc1ccc(S(=O)(=O)Nc2ccc(C(=O)Nc3cccnc3)cc2NS(=O)(=O)c2ccc(C)cc2)cc1. The normalized spacial score (nSPS) is 11.5. The lowest BCUT2D eigenvalue weighted by molar-refractivity contribution is 0.102. The van der Waals surface area contributed by atoms with Crippen LogP contribution in [0.1, 0.15) is 21.5 Å². The largest absolute Gasteiger partial charge is 0.321 e. The van der Waals surface area contributed by atoms with Gasteiger partial charge in [0.1, 0.15) is 0 Å². The molecule has 0 unspecified atom stereocenters. The van der Waals surface area contributed by atoms with Crippen LogP contribution in [0.3, 0.4) is 0 Å². The molecule has 1 amide bonds. The van der Waals surface area contributed by atoms with E-state index >= 15 is 0 Å². The molecule has 11 heteroatoms. The number of carbonyl (C=O) groups excluding carboxylic acids is 1. The van der Waals surface area contributed by atoms with Crippen molar-refractivity contribution in [3.8, 4) is 0 Å². The number of rotatable bonds is 8. The summed E-state index contributed by atoms with van der Waals surface area (Å²) < 4.78 is 57.1. The zero-order valence-electron chi connectivity index (χ0n) is 20.0. The molecule has 0 saturated heterocycles. The standard InChI is InChI=1S/C26H24N4O5S2/c1-18-5-10-22(11-6-18)36(32,33)29-24-14-9-20(26(31)28-21-4-3-15-27-17-21)16-25(24)30-37(34,35)23-12-7-19(2)8-13-23/h3-17,29-30H,1-2H3,(H,28,31). The molecule has 37 heavy (non-hydrogen) atoms. The Morgan fingerprint density at radius 2 is 1.24 bits per heavy atom. The molecular weight excluding hydrogens is 512 g/mol. The third kappa shape index (κ3) is 6.32. The fraction of sp³-hybridized carbons (Fsp3) is 0.0769. The fourth-order valence-electron chi connectivity index (χ4n) is 3.34. The van der Waals surface area contributed by atoms with Gasteiger partial charge >= 0.3 is 0 Å². The van der Waals surface area contributed by atoms with E-state index in [1.54, 1.807) is 42.6 Å². The van der Waals surface area contributed by atoms with Crippen LogP contribution in [0, 0.1) is 13.8 Å². The molecule has 0 aliphatic heterocycles. The van der Waals surface area contributed by atoms with Crippen LogP contribution >= 0.6 is 0 Å². The lowest BCUT2D eigenvalue weighted by atomic mass is 10.1. The molecule has 4 rings (SSSR count). The molecule has 0 fully saturated rings. The van der Waals surface area contributed by atoms with Crippen LogP contribution in [0.4, 0.5) is 17.1 Å². The zero-order valence-corrected chi connectivity index (χ0v) is 21.6. The summed E-state index contributed by atoms with van der Waals surface area (Å²) in [6, 6.07) is 19.7. The highest BCUT2D eigenvalue weighted by atomic mass is 32.2. The number of benzene rings is 3. The van der Waals surface area contributed by atoms with E-state index in [9.17, 15) is 21.6 Å². The van der Waals surface area contributed by atoms with E-state index in [-0.39, 0.29) is 26.7 Å². The minimum absolute atomic E-state index is 0.00355. The van der Waals surface area contributed by atoms with Crippen LogP contribution in [0.2, 0.25) is 0 Å². The van der Waals surface area contributed by atoms with Crippen LogP contribution in [0.5, 0.6) is 0 Å². The minimum atomic E-state index is -4.11. The quantitative estimate of drug-likeness (QED) is 0.302. The smallest absolute Gasteiger partial charge is 0.261 e. The van der Waals surface area contributed by atoms with E-state index in [2.05, 4.69) is 19.7 Å². The lowest BCUT2D eigenvalue weighted by Gasteiger charge is -2.16. The topological polar surface area (TPSA) is 134 Å². The molecule has 0 spiro atoms. The van der Waals surface area contributed by atoms with E-state index in [0.717, 1.165) is 11.1 Å². The summed E-state index contributed by atoms with van der Waals surface area (Å²) in [5.74, 6) is -0.531. The predicted molar refractivity (Wildman–Crippen MR) is 143 cm³/mol. The Balaban J connectivity index is 1.72. The molecule has 4 aromatic rings. The zero-order chi connectivity index (χ0) is 26.6. The third-order valence-electron chi connectivity index (χ3n) is 5.35. The molecule has 0 aliphatic carbocycles. The van der Waals surface area contributed by atoms with Gasteiger partial charge in [0.05, 0.1) is 33.0 Å². The Labute approximate surface area is 215 Å². The van der Waals surface area contributed by atoms with Crippen molar-refractivity contribution >= 4 is 43.0 Å². The van der Waals surface area contributed by atoms with Crippen molar-refractivity contribution in [2.45, 2.75) is 23.6 Å². The molecule has 1 heterocycles. The molecule has 0 bridgehead atoms. The summed E-state index contributed by atoms with van der Waals surface area (Å²) in [6.07, 6.45) is 3.02. The van der Waals surface area contributed by atoms with E-state index in [0.29, 0.717) is 5.69 Å². The summed E-state index contributed by atoms with van der Waals surface area (Å²) >= 11 is 0.